The van der Waals surface area contributed by atoms with Crippen molar-refractivity contribution in [2.75, 3.05) is 11.9 Å². The van der Waals surface area contributed by atoms with Gasteiger partial charge in [0.15, 0.2) is 11.5 Å². The van der Waals surface area contributed by atoms with Crippen molar-refractivity contribution in [3.05, 3.63) is 66.7 Å². The van der Waals surface area contributed by atoms with E-state index in [9.17, 15) is 0 Å². The highest BCUT2D eigenvalue weighted by Gasteiger charge is 2.12. The predicted octanol–water partition coefficient (Wildman–Crippen LogP) is 4.98. The quantitative estimate of drug-likeness (QED) is 0.422. The molecule has 0 unspecified atom stereocenters. The lowest BCUT2D eigenvalue weighted by molar-refractivity contribution is 0.337. The Kier molecular flexibility index (Phi) is 4.55. The third-order valence-electron chi connectivity index (χ3n) is 5.12. The van der Waals surface area contributed by atoms with Crippen LogP contribution >= 0.6 is 0 Å². The molecule has 150 valence electrons. The summed E-state index contributed by atoms with van der Waals surface area (Å²) >= 11 is 0. The molecule has 0 aliphatic rings. The molecule has 0 aliphatic heterocycles. The largest absolute Gasteiger partial charge is 0.494 e. The Bertz CT molecular complexity index is 1340. The van der Waals surface area contributed by atoms with Crippen molar-refractivity contribution >= 4 is 28.1 Å². The number of rotatable bonds is 6. The lowest BCUT2D eigenvalue weighted by Crippen LogP contribution is -2.02. The average molecular weight is 398 g/mol. The van der Waals surface area contributed by atoms with Gasteiger partial charge in [0.1, 0.15) is 5.75 Å². The van der Waals surface area contributed by atoms with Gasteiger partial charge in [0.25, 0.3) is 0 Å². The minimum absolute atomic E-state index is 0.652. The van der Waals surface area contributed by atoms with Gasteiger partial charge in [-0.1, -0.05) is 19.1 Å². The van der Waals surface area contributed by atoms with Crippen molar-refractivity contribution < 1.29 is 4.74 Å². The summed E-state index contributed by atoms with van der Waals surface area (Å²) < 4.78 is 7.71. The third kappa shape index (κ3) is 3.24. The van der Waals surface area contributed by atoms with Gasteiger partial charge in [-0.25, -0.2) is 9.97 Å². The topological polar surface area (TPSA) is 80.1 Å². The molecule has 0 radical (unpaired) electrons. The lowest BCUT2D eigenvalue weighted by Gasteiger charge is -2.13. The zero-order chi connectivity index (χ0) is 20.5. The average Bonchev–Trinajstić information content (AvgIpc) is 3.43. The molecule has 0 bridgehead atoms. The van der Waals surface area contributed by atoms with Crippen LogP contribution in [0, 0.1) is 0 Å². The summed E-state index contributed by atoms with van der Waals surface area (Å²) in [6.45, 7) is 4.77. The maximum Gasteiger partial charge on any atom is 0.180 e. The van der Waals surface area contributed by atoms with Crippen molar-refractivity contribution in [1.29, 1.82) is 0 Å². The predicted molar refractivity (Wildman–Crippen MR) is 118 cm³/mol. The number of aromatic nitrogens is 5. The van der Waals surface area contributed by atoms with Gasteiger partial charge in [-0.15, -0.1) is 0 Å². The molecule has 0 aliphatic carbocycles. The number of hydrogen-bond acceptors (Lipinski definition) is 5. The van der Waals surface area contributed by atoms with Crippen LogP contribution in [0.2, 0.25) is 0 Å². The second kappa shape index (κ2) is 7.51. The van der Waals surface area contributed by atoms with Crippen LogP contribution in [0.25, 0.3) is 27.8 Å². The standard InChI is InChI=1S/C23H22N6O/c1-3-15-11-18(7-8-21(15)30-4-2)26-22-23-24-9-10-29(23)14-20(27-22)16-5-6-17-13-25-28-19(17)12-16/h5-14H,3-4H2,1-2H3,(H,25,28)(H,26,27). The SMILES string of the molecule is CCOc1ccc(Nc2nc(-c3ccc4cn[nH]c4c3)cn3ccnc23)cc1CC. The van der Waals surface area contributed by atoms with Crippen LogP contribution < -0.4 is 10.1 Å². The van der Waals surface area contributed by atoms with Crippen molar-refractivity contribution in [3.8, 4) is 17.0 Å². The first-order valence-corrected chi connectivity index (χ1v) is 10.0. The van der Waals surface area contributed by atoms with Crippen LogP contribution in [0.5, 0.6) is 5.75 Å². The summed E-state index contributed by atoms with van der Waals surface area (Å²) in [5.74, 6) is 1.62. The van der Waals surface area contributed by atoms with E-state index in [1.54, 1.807) is 6.20 Å². The monoisotopic (exact) mass is 398 g/mol. The Morgan fingerprint density at radius 1 is 1.13 bits per heavy atom. The number of H-pyrrole nitrogens is 1. The first-order valence-electron chi connectivity index (χ1n) is 10.0. The minimum Gasteiger partial charge on any atom is -0.494 e. The smallest absolute Gasteiger partial charge is 0.180 e. The second-order valence-corrected chi connectivity index (χ2v) is 7.04. The summed E-state index contributed by atoms with van der Waals surface area (Å²) in [5, 5.41) is 11.6. The summed E-state index contributed by atoms with van der Waals surface area (Å²) in [7, 11) is 0. The first kappa shape index (κ1) is 18.2. The number of anilines is 2. The van der Waals surface area contributed by atoms with E-state index < -0.39 is 0 Å². The van der Waals surface area contributed by atoms with Crippen LogP contribution in [0.15, 0.2) is 61.2 Å². The Balaban J connectivity index is 1.56. The molecule has 0 fully saturated rings. The first-order chi connectivity index (χ1) is 14.7. The highest BCUT2D eigenvalue weighted by Crippen LogP contribution is 2.29. The summed E-state index contributed by atoms with van der Waals surface area (Å²) in [6, 6.07) is 12.3. The molecule has 3 aromatic heterocycles. The number of ether oxygens (including phenoxy) is 1. The van der Waals surface area contributed by atoms with Gasteiger partial charge < -0.3 is 14.5 Å². The van der Waals surface area contributed by atoms with Crippen LogP contribution in [-0.4, -0.2) is 31.2 Å². The Hall–Kier alpha value is -3.87. The van der Waals surface area contributed by atoms with Crippen molar-refractivity contribution in [1.82, 2.24) is 24.6 Å². The van der Waals surface area contributed by atoms with Crippen molar-refractivity contribution in [2.45, 2.75) is 20.3 Å². The molecule has 5 rings (SSSR count). The van der Waals surface area contributed by atoms with Gasteiger partial charge in [-0.05, 0) is 43.2 Å². The second-order valence-electron chi connectivity index (χ2n) is 7.04. The van der Waals surface area contributed by atoms with E-state index in [1.165, 1.54) is 0 Å². The molecule has 3 heterocycles. The van der Waals surface area contributed by atoms with Crippen LogP contribution in [0.3, 0.4) is 0 Å². The molecule has 5 aromatic rings. The van der Waals surface area contributed by atoms with Gasteiger partial charge >= 0.3 is 0 Å². The Labute approximate surface area is 173 Å². The maximum atomic E-state index is 5.73. The molecular formula is C23H22N6O. The fourth-order valence-electron chi connectivity index (χ4n) is 3.62. The van der Waals surface area contributed by atoms with E-state index >= 15 is 0 Å². The van der Waals surface area contributed by atoms with E-state index in [4.69, 9.17) is 9.72 Å². The van der Waals surface area contributed by atoms with Gasteiger partial charge in [-0.3, -0.25) is 5.10 Å². The number of nitrogens with zero attached hydrogens (tertiary/aromatic N) is 4. The highest BCUT2D eigenvalue weighted by atomic mass is 16.5. The van der Waals surface area contributed by atoms with Gasteiger partial charge in [0, 0.05) is 35.2 Å². The molecule has 0 saturated carbocycles. The minimum atomic E-state index is 0.652. The van der Waals surface area contributed by atoms with Crippen LogP contribution in [0.1, 0.15) is 19.4 Å². The molecule has 30 heavy (non-hydrogen) atoms. The molecule has 0 atom stereocenters. The number of aromatic amines is 1. The fraction of sp³-hybridized carbons (Fsp3) is 0.174. The zero-order valence-corrected chi connectivity index (χ0v) is 16.9. The van der Waals surface area contributed by atoms with Crippen LogP contribution in [-0.2, 0) is 6.42 Å². The normalized spacial score (nSPS) is 11.3. The number of aryl methyl sites for hydroxylation is 1. The van der Waals surface area contributed by atoms with Crippen molar-refractivity contribution in [2.24, 2.45) is 0 Å². The molecule has 0 amide bonds. The molecule has 7 heteroatoms. The van der Waals surface area contributed by atoms with Crippen molar-refractivity contribution in [3.63, 3.8) is 0 Å². The van der Waals surface area contributed by atoms with Gasteiger partial charge in [-0.2, -0.15) is 5.10 Å². The summed E-state index contributed by atoms with van der Waals surface area (Å²) in [5.41, 5.74) is 5.71. The highest BCUT2D eigenvalue weighted by molar-refractivity contribution is 5.84. The third-order valence-corrected chi connectivity index (χ3v) is 5.12. The van der Waals surface area contributed by atoms with E-state index in [1.807, 2.05) is 48.1 Å². The lowest BCUT2D eigenvalue weighted by atomic mass is 10.1. The van der Waals surface area contributed by atoms with E-state index in [0.29, 0.717) is 12.4 Å². The zero-order valence-electron chi connectivity index (χ0n) is 16.9. The number of fused-ring (bicyclic) bond motifs is 2. The molecule has 7 nitrogen and oxygen atoms in total. The molecule has 0 spiro atoms. The molecule has 0 saturated heterocycles. The van der Waals surface area contributed by atoms with E-state index in [0.717, 1.165) is 51.2 Å². The number of nitrogens with one attached hydrogen (secondary N) is 2. The number of hydrogen-bond donors (Lipinski definition) is 2. The van der Waals surface area contributed by atoms with Gasteiger partial charge in [0.2, 0.25) is 0 Å². The van der Waals surface area contributed by atoms with Gasteiger partial charge in [0.05, 0.1) is 24.0 Å². The number of imidazole rings is 1. The van der Waals surface area contributed by atoms with E-state index in [2.05, 4.69) is 45.6 Å². The molecular weight excluding hydrogens is 376 g/mol. The maximum absolute atomic E-state index is 5.73. The van der Waals surface area contributed by atoms with E-state index in [-0.39, 0.29) is 0 Å². The van der Waals surface area contributed by atoms with Crippen LogP contribution in [0.4, 0.5) is 11.5 Å². The Morgan fingerprint density at radius 2 is 2.07 bits per heavy atom. The summed E-state index contributed by atoms with van der Waals surface area (Å²) in [6.07, 6.45) is 8.40. The fourth-order valence-corrected chi connectivity index (χ4v) is 3.62. The summed E-state index contributed by atoms with van der Waals surface area (Å²) in [4.78, 5) is 9.36. The molecule has 2 N–H and O–H groups in total. The number of benzene rings is 2. The molecule has 2 aromatic carbocycles. The Morgan fingerprint density at radius 3 is 2.93 bits per heavy atom.